The Balaban J connectivity index is 1.64. The van der Waals surface area contributed by atoms with Crippen molar-refractivity contribution >= 4 is 17.9 Å². The number of carbonyl (C=O) groups is 3. The van der Waals surface area contributed by atoms with Gasteiger partial charge < -0.3 is 23.8 Å². The highest BCUT2D eigenvalue weighted by atomic mass is 16.6. The lowest BCUT2D eigenvalue weighted by molar-refractivity contribution is -0.157. The number of hydrogen-bond donors (Lipinski definition) is 0. The van der Waals surface area contributed by atoms with Gasteiger partial charge in [-0.15, -0.1) is 0 Å². The third kappa shape index (κ3) is 29.4. The van der Waals surface area contributed by atoms with Crippen molar-refractivity contribution in [2.45, 2.75) is 258 Å². The molecule has 2 rings (SSSR count). The number of hydrogen-bond acceptors (Lipinski definition) is 8. The highest BCUT2D eigenvalue weighted by Gasteiger charge is 2.40. The maximum atomic E-state index is 13.0. The number of likely N-dealkylation sites (tertiary alicyclic amines) is 1. The summed E-state index contributed by atoms with van der Waals surface area (Å²) in [6.07, 6.45) is 37.5. The Kier molecular flexibility index (Phi) is 34.3. The van der Waals surface area contributed by atoms with Crippen LogP contribution in [-0.4, -0.2) is 75.0 Å². The number of carbonyl (C=O) groups excluding carboxylic acids is 3. The first kappa shape index (κ1) is 55.5. The van der Waals surface area contributed by atoms with E-state index in [2.05, 4.69) is 39.6 Å². The smallest absolute Gasteiger partial charge is 0.332 e. The minimum absolute atomic E-state index is 0.0437. The predicted octanol–water partition coefficient (Wildman–Crippen LogP) is 14.1. The van der Waals surface area contributed by atoms with E-state index in [1.165, 1.54) is 103 Å². The van der Waals surface area contributed by atoms with Crippen LogP contribution in [0.3, 0.4) is 0 Å². The van der Waals surface area contributed by atoms with E-state index < -0.39 is 0 Å². The van der Waals surface area contributed by atoms with Gasteiger partial charge in [0.05, 0.1) is 19.3 Å². The average Bonchev–Trinajstić information content (AvgIpc) is 3.79. The highest BCUT2D eigenvalue weighted by molar-refractivity contribution is 5.71. The molecule has 2 fully saturated rings. The van der Waals surface area contributed by atoms with Gasteiger partial charge in [-0.3, -0.25) is 9.59 Å². The van der Waals surface area contributed by atoms with Crippen LogP contribution in [-0.2, 0) is 33.3 Å². The lowest BCUT2D eigenvalue weighted by atomic mass is 9.92. The second-order valence-corrected chi connectivity index (χ2v) is 19.6. The van der Waals surface area contributed by atoms with Crippen LogP contribution in [0.1, 0.15) is 246 Å². The van der Waals surface area contributed by atoms with Crippen LogP contribution in [0.15, 0.2) is 0 Å². The fourth-order valence-electron chi connectivity index (χ4n) is 10.0. The summed E-state index contributed by atoms with van der Waals surface area (Å²) in [7, 11) is 2.20. The molecule has 0 bridgehead atoms. The van der Waals surface area contributed by atoms with Crippen LogP contribution < -0.4 is 0 Å². The SMILES string of the molecule is CCCCCC(CCCCC)CCOC(=O)CCCCCCCC(CCCCCCCC(=O)OCCC(CCCCC)CCCCC)OC(=O)COC1C[C@@H]2CN(C)C[C@@H]2C1. The zero-order valence-electron chi connectivity index (χ0n) is 40.8. The molecular weight excluding hydrogens is 763 g/mol. The van der Waals surface area contributed by atoms with Crippen molar-refractivity contribution in [2.24, 2.45) is 23.7 Å². The Morgan fingerprint density at radius 3 is 1.26 bits per heavy atom. The Labute approximate surface area is 376 Å². The third-order valence-corrected chi connectivity index (χ3v) is 13.9. The molecule has 1 unspecified atom stereocenters. The number of nitrogens with zero attached hydrogens (tertiary/aromatic N) is 1. The maximum absolute atomic E-state index is 13.0. The first-order valence-electron chi connectivity index (χ1n) is 26.6. The van der Waals surface area contributed by atoms with E-state index in [4.69, 9.17) is 18.9 Å². The number of ether oxygens (including phenoxy) is 4. The molecule has 61 heavy (non-hydrogen) atoms. The van der Waals surface area contributed by atoms with Crippen molar-refractivity contribution in [3.8, 4) is 0 Å². The monoisotopic (exact) mass is 862 g/mol. The molecule has 1 saturated heterocycles. The fourth-order valence-corrected chi connectivity index (χ4v) is 10.0. The number of fused-ring (bicyclic) bond motifs is 1. The molecule has 0 spiro atoms. The van der Waals surface area contributed by atoms with Crippen LogP contribution in [0.5, 0.6) is 0 Å². The summed E-state index contributed by atoms with van der Waals surface area (Å²) >= 11 is 0. The van der Waals surface area contributed by atoms with Crippen LogP contribution in [0, 0.1) is 23.7 Å². The van der Waals surface area contributed by atoms with E-state index in [1.54, 1.807) is 0 Å². The number of unbranched alkanes of at least 4 members (excludes halogenated alkanes) is 16. The van der Waals surface area contributed by atoms with Gasteiger partial charge >= 0.3 is 17.9 Å². The Bertz CT molecular complexity index is 979. The molecule has 0 radical (unpaired) electrons. The van der Waals surface area contributed by atoms with Crippen molar-refractivity contribution in [2.75, 3.05) is 40.0 Å². The Morgan fingerprint density at radius 2 is 0.852 bits per heavy atom. The van der Waals surface area contributed by atoms with Gasteiger partial charge in [0.15, 0.2) is 0 Å². The third-order valence-electron chi connectivity index (χ3n) is 13.9. The van der Waals surface area contributed by atoms with Gasteiger partial charge in [-0.1, -0.05) is 169 Å². The number of rotatable bonds is 42. The number of esters is 3. The summed E-state index contributed by atoms with van der Waals surface area (Å²) in [5, 5.41) is 0. The molecule has 1 heterocycles. The first-order valence-corrected chi connectivity index (χ1v) is 26.6. The van der Waals surface area contributed by atoms with Gasteiger partial charge in [0.25, 0.3) is 0 Å². The second-order valence-electron chi connectivity index (χ2n) is 19.6. The molecule has 0 aromatic rings. The van der Waals surface area contributed by atoms with Gasteiger partial charge in [0.2, 0.25) is 0 Å². The standard InChI is InChI=1S/C53H99NO7/c1-6-10-20-28-45(29-21-11-7-2)36-38-58-51(55)34-26-18-14-16-24-32-49(61-53(57)44-60-50-40-47-42-54(5)43-48(47)41-50)33-25-17-15-19-27-35-52(56)59-39-37-46(30-22-12-8-3)31-23-13-9-4/h45-50H,6-44H2,1-5H3/t47-,48+,50?. The van der Waals surface area contributed by atoms with Gasteiger partial charge in [-0.2, -0.15) is 0 Å². The minimum Gasteiger partial charge on any atom is -0.466 e. The van der Waals surface area contributed by atoms with Gasteiger partial charge in [0.1, 0.15) is 12.7 Å². The van der Waals surface area contributed by atoms with E-state index in [0.717, 1.165) is 116 Å². The lowest BCUT2D eigenvalue weighted by Gasteiger charge is -2.20. The molecule has 8 heteroatoms. The topological polar surface area (TPSA) is 91.4 Å². The average molecular weight is 862 g/mol. The molecule has 0 aromatic heterocycles. The second kappa shape index (κ2) is 37.7. The predicted molar refractivity (Wildman–Crippen MR) is 253 cm³/mol. The molecule has 8 nitrogen and oxygen atoms in total. The molecule has 0 N–H and O–H groups in total. The van der Waals surface area contributed by atoms with Crippen molar-refractivity contribution in [3.63, 3.8) is 0 Å². The van der Waals surface area contributed by atoms with Crippen LogP contribution in [0.4, 0.5) is 0 Å². The maximum Gasteiger partial charge on any atom is 0.332 e. The summed E-state index contributed by atoms with van der Waals surface area (Å²) in [6, 6.07) is 0. The van der Waals surface area contributed by atoms with Crippen LogP contribution in [0.25, 0.3) is 0 Å². The fraction of sp³-hybridized carbons (Fsp3) is 0.943. The summed E-state index contributed by atoms with van der Waals surface area (Å²) < 4.78 is 23.5. The van der Waals surface area contributed by atoms with Crippen LogP contribution >= 0.6 is 0 Å². The molecule has 0 amide bonds. The van der Waals surface area contributed by atoms with E-state index in [-0.39, 0.29) is 36.7 Å². The summed E-state index contributed by atoms with van der Waals surface area (Å²) in [6.45, 7) is 12.5. The van der Waals surface area contributed by atoms with Gasteiger partial charge in [-0.25, -0.2) is 4.79 Å². The molecule has 2 aliphatic rings. The Hall–Kier alpha value is -1.67. The molecular formula is C53H99NO7. The largest absolute Gasteiger partial charge is 0.466 e. The normalized spacial score (nSPS) is 17.8. The molecule has 1 saturated carbocycles. The summed E-state index contributed by atoms with van der Waals surface area (Å²) in [5.41, 5.74) is 0. The van der Waals surface area contributed by atoms with Crippen molar-refractivity contribution in [1.82, 2.24) is 4.90 Å². The zero-order valence-corrected chi connectivity index (χ0v) is 40.8. The molecule has 3 atom stereocenters. The van der Waals surface area contributed by atoms with Crippen molar-refractivity contribution in [3.05, 3.63) is 0 Å². The highest BCUT2D eigenvalue weighted by Crippen LogP contribution is 2.38. The summed E-state index contributed by atoms with van der Waals surface area (Å²) in [4.78, 5) is 40.3. The van der Waals surface area contributed by atoms with Crippen molar-refractivity contribution < 1.29 is 33.3 Å². The van der Waals surface area contributed by atoms with Crippen LogP contribution in [0.2, 0.25) is 0 Å². The van der Waals surface area contributed by atoms with E-state index in [9.17, 15) is 14.4 Å². The first-order chi connectivity index (χ1) is 29.8. The van der Waals surface area contributed by atoms with E-state index >= 15 is 0 Å². The lowest BCUT2D eigenvalue weighted by Crippen LogP contribution is -2.25. The molecule has 1 aliphatic heterocycles. The minimum atomic E-state index is -0.224. The zero-order chi connectivity index (χ0) is 44.2. The van der Waals surface area contributed by atoms with E-state index in [0.29, 0.717) is 49.7 Å². The molecule has 1 aliphatic carbocycles. The van der Waals surface area contributed by atoms with Gasteiger partial charge in [-0.05, 0) is 94.9 Å². The molecule has 0 aromatic carbocycles. The quantitative estimate of drug-likeness (QED) is 0.0340. The summed E-state index contributed by atoms with van der Waals surface area (Å²) in [5.74, 6) is 2.46. The van der Waals surface area contributed by atoms with E-state index in [1.807, 2.05) is 0 Å². The van der Waals surface area contributed by atoms with Crippen molar-refractivity contribution in [1.29, 1.82) is 0 Å². The molecule has 358 valence electrons. The Morgan fingerprint density at radius 1 is 0.475 bits per heavy atom. The van der Waals surface area contributed by atoms with Gasteiger partial charge in [0, 0.05) is 25.9 Å².